The van der Waals surface area contributed by atoms with Crippen LogP contribution in [-0.4, -0.2) is 24.2 Å². The number of hydrogen-bond acceptors (Lipinski definition) is 4. The van der Waals surface area contributed by atoms with Crippen molar-refractivity contribution in [1.29, 1.82) is 0 Å². The molecule has 126 valence electrons. The van der Waals surface area contributed by atoms with Gasteiger partial charge in [0.15, 0.2) is 6.61 Å². The molecule has 0 aliphatic carbocycles. The first-order valence-corrected chi connectivity index (χ1v) is 8.65. The minimum absolute atomic E-state index is 0.182. The van der Waals surface area contributed by atoms with Crippen LogP contribution in [0.25, 0.3) is 0 Å². The van der Waals surface area contributed by atoms with Crippen molar-refractivity contribution in [2.75, 3.05) is 17.7 Å². The molecule has 0 saturated carbocycles. The zero-order valence-corrected chi connectivity index (χ0v) is 14.9. The highest BCUT2D eigenvalue weighted by atomic mass is 32.2. The van der Waals surface area contributed by atoms with E-state index in [2.05, 4.69) is 11.4 Å². The number of nitrogens with one attached hydrogen (secondary N) is 1. The van der Waals surface area contributed by atoms with E-state index in [0.717, 1.165) is 16.0 Å². The van der Waals surface area contributed by atoms with Crippen LogP contribution >= 0.6 is 11.8 Å². The van der Waals surface area contributed by atoms with Crippen molar-refractivity contribution in [2.45, 2.75) is 25.7 Å². The molecule has 0 spiro atoms. The first-order chi connectivity index (χ1) is 11.4. The first kappa shape index (κ1) is 18.1. The van der Waals surface area contributed by atoms with Gasteiger partial charge in [-0.05, 0) is 50.1 Å². The number of hydrogen-bond donors (Lipinski definition) is 1. The minimum atomic E-state index is -0.403. The average molecular weight is 343 g/mol. The van der Waals surface area contributed by atoms with Crippen LogP contribution in [0.1, 0.15) is 16.7 Å². The molecule has 1 N–H and O–H groups in total. The van der Waals surface area contributed by atoms with Crippen LogP contribution in [0, 0.1) is 20.8 Å². The van der Waals surface area contributed by atoms with E-state index in [1.807, 2.05) is 51.1 Å². The third kappa shape index (κ3) is 5.74. The summed E-state index contributed by atoms with van der Waals surface area (Å²) in [5, 5.41) is 2.70. The van der Waals surface area contributed by atoms with Crippen LogP contribution in [-0.2, 0) is 14.3 Å². The van der Waals surface area contributed by atoms with Crippen molar-refractivity contribution in [2.24, 2.45) is 0 Å². The van der Waals surface area contributed by atoms with Crippen LogP contribution in [0.15, 0.2) is 47.4 Å². The summed E-state index contributed by atoms with van der Waals surface area (Å²) in [6.07, 6.45) is 0. The van der Waals surface area contributed by atoms with E-state index in [1.54, 1.807) is 6.07 Å². The lowest BCUT2D eigenvalue weighted by atomic mass is 10.2. The molecule has 5 heteroatoms. The molecule has 0 aromatic heterocycles. The predicted octanol–water partition coefficient (Wildman–Crippen LogP) is 3.89. The van der Waals surface area contributed by atoms with E-state index < -0.39 is 5.97 Å². The fraction of sp³-hybridized carbons (Fsp3) is 0.263. The number of esters is 1. The van der Waals surface area contributed by atoms with Gasteiger partial charge in [-0.15, -0.1) is 11.8 Å². The van der Waals surface area contributed by atoms with E-state index >= 15 is 0 Å². The van der Waals surface area contributed by atoms with Gasteiger partial charge in [-0.3, -0.25) is 9.59 Å². The van der Waals surface area contributed by atoms with E-state index in [0.29, 0.717) is 5.69 Å². The maximum absolute atomic E-state index is 11.8. The van der Waals surface area contributed by atoms with Crippen molar-refractivity contribution in [3.05, 3.63) is 59.2 Å². The highest BCUT2D eigenvalue weighted by molar-refractivity contribution is 8.00. The Balaban J connectivity index is 1.75. The number of anilines is 1. The third-order valence-corrected chi connectivity index (χ3v) is 4.49. The molecule has 0 atom stereocenters. The minimum Gasteiger partial charge on any atom is -0.455 e. The maximum Gasteiger partial charge on any atom is 0.316 e. The predicted molar refractivity (Wildman–Crippen MR) is 97.4 cm³/mol. The van der Waals surface area contributed by atoms with Crippen molar-refractivity contribution in [3.63, 3.8) is 0 Å². The number of ether oxygens (including phenoxy) is 1. The second-order valence-corrected chi connectivity index (χ2v) is 6.65. The summed E-state index contributed by atoms with van der Waals surface area (Å²) >= 11 is 1.42. The molecule has 0 aliphatic rings. The molecule has 2 rings (SSSR count). The molecule has 2 aromatic carbocycles. The molecule has 2 aromatic rings. The van der Waals surface area contributed by atoms with Gasteiger partial charge < -0.3 is 10.1 Å². The van der Waals surface area contributed by atoms with E-state index in [-0.39, 0.29) is 18.3 Å². The van der Waals surface area contributed by atoms with Crippen LogP contribution < -0.4 is 5.32 Å². The van der Waals surface area contributed by atoms with Crippen LogP contribution in [0.2, 0.25) is 0 Å². The molecular weight excluding hydrogens is 322 g/mol. The second kappa shape index (κ2) is 8.55. The molecule has 0 unspecified atom stereocenters. The van der Waals surface area contributed by atoms with Crippen molar-refractivity contribution >= 4 is 29.3 Å². The maximum atomic E-state index is 11.8. The Morgan fingerprint density at radius 2 is 1.79 bits per heavy atom. The fourth-order valence-corrected chi connectivity index (χ4v) is 3.01. The lowest BCUT2D eigenvalue weighted by Gasteiger charge is -2.08. The number of carbonyl (C=O) groups is 2. The SMILES string of the molecule is Cc1cccc(NC(=O)COC(=O)CSc2ccc(C)cc2C)c1. The molecule has 0 aliphatic heterocycles. The standard InChI is InChI=1S/C19H21NO3S/c1-13-5-4-6-16(10-13)20-18(21)11-23-19(22)12-24-17-8-7-14(2)9-15(17)3/h4-10H,11-12H2,1-3H3,(H,20,21). The monoisotopic (exact) mass is 343 g/mol. The summed E-state index contributed by atoms with van der Waals surface area (Å²) in [5.74, 6) is -0.563. The van der Waals surface area contributed by atoms with Gasteiger partial charge in [0, 0.05) is 10.6 Å². The molecule has 0 fully saturated rings. The number of thioether (sulfide) groups is 1. The van der Waals surface area contributed by atoms with Crippen LogP contribution in [0.3, 0.4) is 0 Å². The van der Waals surface area contributed by atoms with Gasteiger partial charge in [-0.1, -0.05) is 29.8 Å². The smallest absolute Gasteiger partial charge is 0.316 e. The average Bonchev–Trinajstić information content (AvgIpc) is 2.52. The quantitative estimate of drug-likeness (QED) is 0.639. The molecule has 0 heterocycles. The lowest BCUT2D eigenvalue weighted by molar-refractivity contribution is -0.144. The number of aryl methyl sites for hydroxylation is 3. The van der Waals surface area contributed by atoms with Gasteiger partial charge in [0.2, 0.25) is 0 Å². The van der Waals surface area contributed by atoms with Gasteiger partial charge in [0.05, 0.1) is 5.75 Å². The van der Waals surface area contributed by atoms with Gasteiger partial charge in [0.25, 0.3) is 5.91 Å². The highest BCUT2D eigenvalue weighted by Gasteiger charge is 2.09. The molecule has 0 radical (unpaired) electrons. The number of amides is 1. The summed E-state index contributed by atoms with van der Waals surface area (Å²) < 4.78 is 5.02. The zero-order chi connectivity index (χ0) is 17.5. The zero-order valence-electron chi connectivity index (χ0n) is 14.1. The number of benzene rings is 2. The van der Waals surface area contributed by atoms with E-state index in [9.17, 15) is 9.59 Å². The van der Waals surface area contributed by atoms with Crippen molar-refractivity contribution < 1.29 is 14.3 Å². The number of rotatable bonds is 6. The third-order valence-electron chi connectivity index (χ3n) is 3.34. The fourth-order valence-electron chi connectivity index (χ4n) is 2.21. The first-order valence-electron chi connectivity index (χ1n) is 7.66. The molecular formula is C19H21NO3S. The largest absolute Gasteiger partial charge is 0.455 e. The van der Waals surface area contributed by atoms with E-state index in [1.165, 1.54) is 17.3 Å². The molecule has 0 saturated heterocycles. The Labute approximate surface area is 146 Å². The van der Waals surface area contributed by atoms with Gasteiger partial charge >= 0.3 is 5.97 Å². The molecule has 1 amide bonds. The van der Waals surface area contributed by atoms with Crippen LogP contribution in [0.5, 0.6) is 0 Å². The second-order valence-electron chi connectivity index (χ2n) is 5.64. The molecule has 4 nitrogen and oxygen atoms in total. The normalized spacial score (nSPS) is 10.3. The molecule has 24 heavy (non-hydrogen) atoms. The summed E-state index contributed by atoms with van der Waals surface area (Å²) in [6.45, 7) is 5.71. The van der Waals surface area contributed by atoms with Gasteiger partial charge in [-0.2, -0.15) is 0 Å². The van der Waals surface area contributed by atoms with Gasteiger partial charge in [0.1, 0.15) is 0 Å². The Kier molecular flexibility index (Phi) is 6.44. The Morgan fingerprint density at radius 3 is 2.50 bits per heavy atom. The van der Waals surface area contributed by atoms with Crippen LogP contribution in [0.4, 0.5) is 5.69 Å². The highest BCUT2D eigenvalue weighted by Crippen LogP contribution is 2.23. The lowest BCUT2D eigenvalue weighted by Crippen LogP contribution is -2.21. The van der Waals surface area contributed by atoms with Crippen molar-refractivity contribution in [1.82, 2.24) is 0 Å². The topological polar surface area (TPSA) is 55.4 Å². The Morgan fingerprint density at radius 1 is 1.04 bits per heavy atom. The van der Waals surface area contributed by atoms with Crippen molar-refractivity contribution in [3.8, 4) is 0 Å². The van der Waals surface area contributed by atoms with Gasteiger partial charge in [-0.25, -0.2) is 0 Å². The summed E-state index contributed by atoms with van der Waals surface area (Å²) in [5.41, 5.74) is 4.06. The number of carbonyl (C=O) groups excluding carboxylic acids is 2. The summed E-state index contributed by atoms with van der Waals surface area (Å²) in [7, 11) is 0. The summed E-state index contributed by atoms with van der Waals surface area (Å²) in [4.78, 5) is 24.6. The van der Waals surface area contributed by atoms with E-state index in [4.69, 9.17) is 4.74 Å². The summed E-state index contributed by atoms with van der Waals surface area (Å²) in [6, 6.07) is 13.5. The molecule has 0 bridgehead atoms. The Hall–Kier alpha value is -2.27. The Bertz CT molecular complexity index is 743.